The molecule has 2 aromatic rings. The Bertz CT molecular complexity index is 919. The summed E-state index contributed by atoms with van der Waals surface area (Å²) in [5, 5.41) is 6.85. The van der Waals surface area contributed by atoms with Gasteiger partial charge in [0.1, 0.15) is 5.69 Å². The largest absolute Gasteiger partial charge is 0.433 e. The maximum absolute atomic E-state index is 12.8. The molecule has 1 aliphatic heterocycles. The first kappa shape index (κ1) is 18.8. The van der Waals surface area contributed by atoms with Gasteiger partial charge in [-0.2, -0.15) is 31.4 Å². The third kappa shape index (κ3) is 3.45. The Balaban J connectivity index is 1.50. The zero-order valence-corrected chi connectivity index (χ0v) is 14.2. The maximum Gasteiger partial charge on any atom is 0.433 e. The lowest BCUT2D eigenvalue weighted by atomic mass is 10.1. The molecule has 1 fully saturated rings. The summed E-state index contributed by atoms with van der Waals surface area (Å²) >= 11 is 0. The third-order valence-corrected chi connectivity index (χ3v) is 5.01. The van der Waals surface area contributed by atoms with Crippen LogP contribution in [0.5, 0.6) is 0 Å². The first-order valence-electron chi connectivity index (χ1n) is 8.52. The van der Waals surface area contributed by atoms with Gasteiger partial charge in [-0.25, -0.2) is 0 Å². The molecule has 11 heteroatoms. The first-order chi connectivity index (χ1) is 13.0. The van der Waals surface area contributed by atoms with Gasteiger partial charge < -0.3 is 5.32 Å². The van der Waals surface area contributed by atoms with E-state index >= 15 is 0 Å². The number of fused-ring (bicyclic) bond motifs is 1. The molecule has 0 spiro atoms. The minimum Gasteiger partial charge on any atom is -0.347 e. The van der Waals surface area contributed by atoms with E-state index in [1.807, 2.05) is 0 Å². The lowest BCUT2D eigenvalue weighted by Gasteiger charge is -2.12. The van der Waals surface area contributed by atoms with Crippen LogP contribution in [0.2, 0.25) is 0 Å². The third-order valence-electron chi connectivity index (χ3n) is 5.01. The number of hydrogen-bond donors (Lipinski definition) is 1. The molecule has 4 rings (SSSR count). The van der Waals surface area contributed by atoms with Gasteiger partial charge in [-0.3, -0.25) is 14.5 Å². The molecule has 1 N–H and O–H groups in total. The normalized spacial score (nSPS) is 24.1. The van der Waals surface area contributed by atoms with E-state index in [0.717, 1.165) is 12.3 Å². The number of carbonyl (C=O) groups excluding carboxylic acids is 1. The number of amides is 1. The SMILES string of the molecule is O=C(N[C@H]1CCn2nc(-c3ccnc(C(F)(F)F)c3)cc21)C1C[C@H]1C(F)(F)F. The smallest absolute Gasteiger partial charge is 0.347 e. The maximum atomic E-state index is 12.8. The van der Waals surface area contributed by atoms with E-state index in [9.17, 15) is 31.1 Å². The van der Waals surface area contributed by atoms with Crippen LogP contribution in [0, 0.1) is 11.8 Å². The fourth-order valence-electron chi connectivity index (χ4n) is 3.45. The molecule has 0 bridgehead atoms. The number of alkyl halides is 6. The van der Waals surface area contributed by atoms with Crippen molar-refractivity contribution in [3.05, 3.63) is 35.8 Å². The van der Waals surface area contributed by atoms with Crippen LogP contribution >= 0.6 is 0 Å². The zero-order valence-electron chi connectivity index (χ0n) is 14.2. The second kappa shape index (κ2) is 6.21. The number of nitrogens with zero attached hydrogens (tertiary/aromatic N) is 3. The summed E-state index contributed by atoms with van der Waals surface area (Å²) in [6.07, 6.45) is -7.70. The van der Waals surface area contributed by atoms with E-state index in [1.165, 1.54) is 6.07 Å². The molecule has 5 nitrogen and oxygen atoms in total. The molecule has 3 atom stereocenters. The summed E-state index contributed by atoms with van der Waals surface area (Å²) in [5.74, 6) is -3.34. The van der Waals surface area contributed by atoms with Crippen molar-refractivity contribution in [3.63, 3.8) is 0 Å². The van der Waals surface area contributed by atoms with Crippen molar-refractivity contribution >= 4 is 5.91 Å². The van der Waals surface area contributed by atoms with E-state index in [1.54, 1.807) is 10.7 Å². The summed E-state index contributed by atoms with van der Waals surface area (Å²) in [6.45, 7) is 0.408. The van der Waals surface area contributed by atoms with Crippen LogP contribution in [-0.4, -0.2) is 26.8 Å². The van der Waals surface area contributed by atoms with Crippen molar-refractivity contribution in [3.8, 4) is 11.3 Å². The first-order valence-corrected chi connectivity index (χ1v) is 8.52. The highest BCUT2D eigenvalue weighted by Crippen LogP contribution is 2.50. The Labute approximate surface area is 154 Å². The molecule has 1 saturated carbocycles. The minimum atomic E-state index is -4.59. The van der Waals surface area contributed by atoms with Crippen LogP contribution in [0.15, 0.2) is 24.4 Å². The number of carbonyl (C=O) groups is 1. The van der Waals surface area contributed by atoms with Gasteiger partial charge >= 0.3 is 12.4 Å². The van der Waals surface area contributed by atoms with Gasteiger partial charge in [0.2, 0.25) is 5.91 Å². The minimum absolute atomic E-state index is 0.216. The molecule has 1 amide bonds. The van der Waals surface area contributed by atoms with E-state index in [4.69, 9.17) is 0 Å². The average molecular weight is 404 g/mol. The summed E-state index contributed by atoms with van der Waals surface area (Å²) < 4.78 is 77.9. The van der Waals surface area contributed by atoms with Gasteiger partial charge in [0, 0.05) is 18.3 Å². The van der Waals surface area contributed by atoms with Crippen LogP contribution in [-0.2, 0) is 17.5 Å². The fraction of sp³-hybridized carbons (Fsp3) is 0.471. The van der Waals surface area contributed by atoms with E-state index in [2.05, 4.69) is 15.4 Å². The number of aromatic nitrogens is 3. The molecular weight excluding hydrogens is 390 g/mol. The number of hydrogen-bond acceptors (Lipinski definition) is 3. The highest BCUT2D eigenvalue weighted by molar-refractivity contribution is 5.82. The van der Waals surface area contributed by atoms with Crippen LogP contribution in [0.4, 0.5) is 26.3 Å². The standard InChI is InChI=1S/C17H14F6N4O/c18-16(19,20)10-6-9(10)15(28)25-11-2-4-27-13(11)7-12(26-27)8-1-3-24-14(5-8)17(21,22)23/h1,3,5,7,9-11H,2,4,6H2,(H,25,28)/t9?,10-,11+/m1/s1. The zero-order chi connectivity index (χ0) is 20.3. The predicted molar refractivity (Wildman–Crippen MR) is 83.6 cm³/mol. The number of aryl methyl sites for hydroxylation is 1. The Morgan fingerprint density at radius 2 is 1.93 bits per heavy atom. The second-order valence-corrected chi connectivity index (χ2v) is 6.95. The van der Waals surface area contributed by atoms with E-state index in [0.29, 0.717) is 18.7 Å². The van der Waals surface area contributed by atoms with Crippen molar-refractivity contribution in [1.29, 1.82) is 0 Å². The quantitative estimate of drug-likeness (QED) is 0.794. The molecule has 2 aromatic heterocycles. The Kier molecular flexibility index (Phi) is 4.16. The topological polar surface area (TPSA) is 59.8 Å². The van der Waals surface area contributed by atoms with Gasteiger partial charge in [-0.1, -0.05) is 0 Å². The molecule has 0 aromatic carbocycles. The molecule has 0 saturated heterocycles. The van der Waals surface area contributed by atoms with Gasteiger partial charge in [-0.05, 0) is 31.0 Å². The summed E-state index contributed by atoms with van der Waals surface area (Å²) in [5.41, 5.74) is 0.00272. The van der Waals surface area contributed by atoms with Gasteiger partial charge in [-0.15, -0.1) is 0 Å². The Morgan fingerprint density at radius 3 is 2.57 bits per heavy atom. The predicted octanol–water partition coefficient (Wildman–Crippen LogP) is 3.72. The second-order valence-electron chi connectivity index (χ2n) is 6.95. The molecule has 1 unspecified atom stereocenters. The van der Waals surface area contributed by atoms with Crippen molar-refractivity contribution in [1.82, 2.24) is 20.1 Å². The number of nitrogens with one attached hydrogen (secondary N) is 1. The van der Waals surface area contributed by atoms with Crippen LogP contribution in [0.1, 0.15) is 30.3 Å². The highest BCUT2D eigenvalue weighted by atomic mass is 19.4. The molecule has 0 radical (unpaired) electrons. The number of halogens is 6. The Morgan fingerprint density at radius 1 is 1.18 bits per heavy atom. The van der Waals surface area contributed by atoms with Crippen molar-refractivity contribution < 1.29 is 31.1 Å². The number of rotatable bonds is 3. The Hall–Kier alpha value is -2.59. The van der Waals surface area contributed by atoms with E-state index < -0.39 is 41.8 Å². The van der Waals surface area contributed by atoms with Crippen molar-refractivity contribution in [2.75, 3.05) is 0 Å². The highest BCUT2D eigenvalue weighted by Gasteiger charge is 2.59. The fourth-order valence-corrected chi connectivity index (χ4v) is 3.45. The molecule has 3 heterocycles. The molecule has 2 aliphatic rings. The summed E-state index contributed by atoms with van der Waals surface area (Å²) in [4.78, 5) is 15.4. The van der Waals surface area contributed by atoms with Crippen LogP contribution in [0.25, 0.3) is 11.3 Å². The van der Waals surface area contributed by atoms with Gasteiger partial charge in [0.15, 0.2) is 0 Å². The molecule has 28 heavy (non-hydrogen) atoms. The monoisotopic (exact) mass is 404 g/mol. The van der Waals surface area contributed by atoms with Crippen LogP contribution < -0.4 is 5.32 Å². The summed E-state index contributed by atoms with van der Waals surface area (Å²) in [7, 11) is 0. The van der Waals surface area contributed by atoms with Crippen molar-refractivity contribution in [2.24, 2.45) is 11.8 Å². The van der Waals surface area contributed by atoms with Gasteiger partial charge in [0.05, 0.1) is 29.3 Å². The van der Waals surface area contributed by atoms with E-state index in [-0.39, 0.29) is 17.7 Å². The van der Waals surface area contributed by atoms with Gasteiger partial charge in [0.25, 0.3) is 0 Å². The summed E-state index contributed by atoms with van der Waals surface area (Å²) in [6, 6.07) is 3.29. The number of pyridine rings is 1. The van der Waals surface area contributed by atoms with Crippen molar-refractivity contribution in [2.45, 2.75) is 37.8 Å². The molecule has 150 valence electrons. The average Bonchev–Trinajstić information content (AvgIpc) is 3.20. The van der Waals surface area contributed by atoms with Crippen LogP contribution in [0.3, 0.4) is 0 Å². The molecule has 1 aliphatic carbocycles. The molecular formula is C17H14F6N4O. The lowest BCUT2D eigenvalue weighted by molar-refractivity contribution is -0.155. The lowest BCUT2D eigenvalue weighted by Crippen LogP contribution is -2.30.